The molecule has 0 radical (unpaired) electrons. The van der Waals surface area contributed by atoms with Crippen molar-refractivity contribution < 1.29 is 4.74 Å². The summed E-state index contributed by atoms with van der Waals surface area (Å²) in [5.41, 5.74) is 1.52. The monoisotopic (exact) mass is 279 g/mol. The van der Waals surface area contributed by atoms with E-state index in [1.165, 1.54) is 63.4 Å². The molecule has 1 unspecified atom stereocenters. The molecule has 1 fully saturated rings. The van der Waals surface area contributed by atoms with Crippen LogP contribution in [-0.4, -0.2) is 19.2 Å². The standard InChI is InChI=1S/C18H33NO/c1-3-5-7-15-9-11-16(12-10-15)18(19-4-2)17-8-6-13-20-14-17/h14-16,18-19H,3-13H2,1-2H3. The first-order valence-corrected chi connectivity index (χ1v) is 8.89. The topological polar surface area (TPSA) is 21.3 Å². The van der Waals surface area contributed by atoms with Gasteiger partial charge in [-0.15, -0.1) is 0 Å². The van der Waals surface area contributed by atoms with Crippen molar-refractivity contribution in [2.24, 2.45) is 11.8 Å². The van der Waals surface area contributed by atoms with Crippen LogP contribution in [0.4, 0.5) is 0 Å². The predicted octanol–water partition coefficient (Wildman–Crippen LogP) is 4.66. The molecule has 1 N–H and O–H groups in total. The van der Waals surface area contributed by atoms with Crippen molar-refractivity contribution in [3.63, 3.8) is 0 Å². The van der Waals surface area contributed by atoms with E-state index >= 15 is 0 Å². The molecule has 1 atom stereocenters. The second-order valence-electron chi connectivity index (χ2n) is 6.63. The molecule has 1 aliphatic heterocycles. The maximum Gasteiger partial charge on any atom is 0.0876 e. The Balaban J connectivity index is 1.86. The molecule has 0 spiro atoms. The third-order valence-corrected chi connectivity index (χ3v) is 5.11. The van der Waals surface area contributed by atoms with Crippen LogP contribution in [-0.2, 0) is 4.74 Å². The van der Waals surface area contributed by atoms with Crippen LogP contribution >= 0.6 is 0 Å². The van der Waals surface area contributed by atoms with Crippen LogP contribution in [0.25, 0.3) is 0 Å². The van der Waals surface area contributed by atoms with Crippen molar-refractivity contribution in [2.45, 2.75) is 77.7 Å². The Hall–Kier alpha value is -0.500. The normalized spacial score (nSPS) is 28.6. The second kappa shape index (κ2) is 8.71. The highest BCUT2D eigenvalue weighted by Crippen LogP contribution is 2.36. The summed E-state index contributed by atoms with van der Waals surface area (Å²) >= 11 is 0. The Bertz CT molecular complexity index is 292. The molecular formula is C18H33NO. The van der Waals surface area contributed by atoms with Crippen molar-refractivity contribution in [3.8, 4) is 0 Å². The zero-order valence-corrected chi connectivity index (χ0v) is 13.5. The molecule has 0 aromatic rings. The van der Waals surface area contributed by atoms with E-state index in [4.69, 9.17) is 4.74 Å². The number of hydrogen-bond acceptors (Lipinski definition) is 2. The molecule has 116 valence electrons. The maximum absolute atomic E-state index is 5.57. The van der Waals surface area contributed by atoms with Gasteiger partial charge in [-0.25, -0.2) is 0 Å². The van der Waals surface area contributed by atoms with Crippen LogP contribution in [0.1, 0.15) is 71.6 Å². The Morgan fingerprint density at radius 3 is 2.65 bits per heavy atom. The minimum absolute atomic E-state index is 0.576. The van der Waals surface area contributed by atoms with Crippen LogP contribution in [0.3, 0.4) is 0 Å². The summed E-state index contributed by atoms with van der Waals surface area (Å²) in [6.07, 6.45) is 14.4. The first-order chi connectivity index (χ1) is 9.85. The fourth-order valence-corrected chi connectivity index (χ4v) is 3.94. The molecule has 2 heteroatoms. The minimum atomic E-state index is 0.576. The molecule has 2 nitrogen and oxygen atoms in total. The number of nitrogens with one attached hydrogen (secondary N) is 1. The first kappa shape index (κ1) is 15.9. The van der Waals surface area contributed by atoms with Gasteiger partial charge in [-0.05, 0) is 49.6 Å². The van der Waals surface area contributed by atoms with E-state index in [1.807, 2.05) is 0 Å². The predicted molar refractivity (Wildman–Crippen MR) is 85.7 cm³/mol. The quantitative estimate of drug-likeness (QED) is 0.732. The van der Waals surface area contributed by atoms with Crippen LogP contribution in [0.5, 0.6) is 0 Å². The van der Waals surface area contributed by atoms with E-state index < -0.39 is 0 Å². The second-order valence-corrected chi connectivity index (χ2v) is 6.63. The smallest absolute Gasteiger partial charge is 0.0876 e. The lowest BCUT2D eigenvalue weighted by molar-refractivity contribution is 0.194. The van der Waals surface area contributed by atoms with Crippen LogP contribution < -0.4 is 5.32 Å². The third-order valence-electron chi connectivity index (χ3n) is 5.11. The maximum atomic E-state index is 5.57. The highest BCUT2D eigenvalue weighted by atomic mass is 16.5. The Kier molecular flexibility index (Phi) is 6.92. The lowest BCUT2D eigenvalue weighted by Gasteiger charge is -2.36. The summed E-state index contributed by atoms with van der Waals surface area (Å²) in [7, 11) is 0. The summed E-state index contributed by atoms with van der Waals surface area (Å²) in [5, 5.41) is 3.73. The Morgan fingerprint density at radius 1 is 1.25 bits per heavy atom. The summed E-state index contributed by atoms with van der Waals surface area (Å²) in [6.45, 7) is 6.51. The van der Waals surface area contributed by atoms with Gasteiger partial charge in [-0.3, -0.25) is 0 Å². The average Bonchev–Trinajstić information content (AvgIpc) is 2.52. The molecule has 20 heavy (non-hydrogen) atoms. The highest BCUT2D eigenvalue weighted by Gasteiger charge is 2.29. The molecule has 2 aliphatic rings. The molecule has 0 aromatic carbocycles. The summed E-state index contributed by atoms with van der Waals surface area (Å²) in [4.78, 5) is 0. The fourth-order valence-electron chi connectivity index (χ4n) is 3.94. The van der Waals surface area contributed by atoms with Crippen molar-refractivity contribution >= 4 is 0 Å². The largest absolute Gasteiger partial charge is 0.501 e. The molecule has 1 heterocycles. The lowest BCUT2D eigenvalue weighted by atomic mass is 9.74. The summed E-state index contributed by atoms with van der Waals surface area (Å²) < 4.78 is 5.57. The van der Waals surface area contributed by atoms with Gasteiger partial charge in [0.25, 0.3) is 0 Å². The fraction of sp³-hybridized carbons (Fsp3) is 0.889. The van der Waals surface area contributed by atoms with Gasteiger partial charge in [0.2, 0.25) is 0 Å². The van der Waals surface area contributed by atoms with Crippen molar-refractivity contribution in [1.29, 1.82) is 0 Å². The number of ether oxygens (including phenoxy) is 1. The molecule has 0 bridgehead atoms. The lowest BCUT2D eigenvalue weighted by Crippen LogP contribution is -2.40. The van der Waals surface area contributed by atoms with Crippen LogP contribution in [0.2, 0.25) is 0 Å². The number of likely N-dealkylation sites (N-methyl/N-ethyl adjacent to an activating group) is 1. The number of unbranched alkanes of at least 4 members (excludes halogenated alkanes) is 1. The van der Waals surface area contributed by atoms with E-state index in [0.29, 0.717) is 6.04 Å². The van der Waals surface area contributed by atoms with Gasteiger partial charge < -0.3 is 10.1 Å². The van der Waals surface area contributed by atoms with Crippen molar-refractivity contribution in [3.05, 3.63) is 11.8 Å². The molecule has 0 aromatic heterocycles. The summed E-state index contributed by atoms with van der Waals surface area (Å²) in [6, 6.07) is 0.576. The molecule has 0 amide bonds. The van der Waals surface area contributed by atoms with Gasteiger partial charge in [-0.2, -0.15) is 0 Å². The Morgan fingerprint density at radius 2 is 2.05 bits per heavy atom. The highest BCUT2D eigenvalue weighted by molar-refractivity contribution is 5.12. The van der Waals surface area contributed by atoms with Gasteiger partial charge in [0.1, 0.15) is 0 Å². The van der Waals surface area contributed by atoms with E-state index in [2.05, 4.69) is 25.4 Å². The van der Waals surface area contributed by atoms with E-state index in [9.17, 15) is 0 Å². The zero-order chi connectivity index (χ0) is 14.2. The van der Waals surface area contributed by atoms with Crippen molar-refractivity contribution in [2.75, 3.05) is 13.2 Å². The van der Waals surface area contributed by atoms with Crippen molar-refractivity contribution in [1.82, 2.24) is 5.32 Å². The van der Waals surface area contributed by atoms with Gasteiger partial charge in [-0.1, -0.05) is 46.0 Å². The van der Waals surface area contributed by atoms with Gasteiger partial charge >= 0.3 is 0 Å². The third kappa shape index (κ3) is 4.51. The number of rotatable bonds is 7. The Labute approximate surface area is 125 Å². The number of hydrogen-bond donors (Lipinski definition) is 1. The molecular weight excluding hydrogens is 246 g/mol. The van der Waals surface area contributed by atoms with Gasteiger partial charge in [0.05, 0.1) is 12.9 Å². The SMILES string of the molecule is CCCCC1CCC(C(NCC)C2=COCCC2)CC1. The molecule has 1 saturated carbocycles. The molecule has 2 rings (SSSR count). The van der Waals surface area contributed by atoms with Gasteiger partial charge in [0, 0.05) is 6.04 Å². The van der Waals surface area contributed by atoms with Crippen LogP contribution in [0, 0.1) is 11.8 Å². The van der Waals surface area contributed by atoms with E-state index in [1.54, 1.807) is 0 Å². The van der Waals surface area contributed by atoms with Gasteiger partial charge in [0.15, 0.2) is 0 Å². The first-order valence-electron chi connectivity index (χ1n) is 8.89. The molecule has 1 aliphatic carbocycles. The van der Waals surface area contributed by atoms with Crippen LogP contribution in [0.15, 0.2) is 11.8 Å². The minimum Gasteiger partial charge on any atom is -0.501 e. The average molecular weight is 279 g/mol. The van der Waals surface area contributed by atoms with E-state index in [-0.39, 0.29) is 0 Å². The molecule has 0 saturated heterocycles. The summed E-state index contributed by atoms with van der Waals surface area (Å²) in [5.74, 6) is 1.84. The van der Waals surface area contributed by atoms with E-state index in [0.717, 1.165) is 25.0 Å². The zero-order valence-electron chi connectivity index (χ0n) is 13.5.